The van der Waals surface area contributed by atoms with Crippen LogP contribution >= 0.6 is 0 Å². The molecule has 2 atom stereocenters. The molecule has 3 rings (SSSR count). The Hall–Kier alpha value is -2.47. The summed E-state index contributed by atoms with van der Waals surface area (Å²) in [6.07, 6.45) is 0. The zero-order valence-electron chi connectivity index (χ0n) is 14.1. The largest absolute Gasteiger partial charge is 0.494 e. The van der Waals surface area contributed by atoms with Crippen LogP contribution in [0.15, 0.2) is 30.3 Å². The topological polar surface area (TPSA) is 58.9 Å². The van der Waals surface area contributed by atoms with Gasteiger partial charge in [0.25, 0.3) is 0 Å². The van der Waals surface area contributed by atoms with Crippen LogP contribution in [-0.2, 0) is 0 Å². The number of benzene rings is 2. The van der Waals surface area contributed by atoms with Crippen LogP contribution in [0, 0.1) is 5.82 Å². The van der Waals surface area contributed by atoms with Gasteiger partial charge in [-0.15, -0.1) is 0 Å². The fourth-order valence-corrected chi connectivity index (χ4v) is 2.87. The van der Waals surface area contributed by atoms with Gasteiger partial charge in [-0.3, -0.25) is 5.32 Å². The molecule has 1 heterocycles. The molecule has 24 heavy (non-hydrogen) atoms. The number of ether oxygens (including phenoxy) is 4. The summed E-state index contributed by atoms with van der Waals surface area (Å²) < 4.78 is 34.9. The van der Waals surface area contributed by atoms with Crippen molar-refractivity contribution in [3.63, 3.8) is 0 Å². The molecule has 0 saturated carbocycles. The summed E-state index contributed by atoms with van der Waals surface area (Å²) in [6, 6.07) is 8.89. The molecule has 2 aromatic rings. The SMILES string of the molecule is COc1ccc(C2NC2c2cc(OC)c(OC)c(OC)c2)cc1F. The van der Waals surface area contributed by atoms with E-state index < -0.39 is 0 Å². The maximum Gasteiger partial charge on any atom is 0.203 e. The lowest BCUT2D eigenvalue weighted by atomic mass is 10.0. The molecule has 0 spiro atoms. The minimum absolute atomic E-state index is 0.0354. The third-order valence-corrected chi connectivity index (χ3v) is 4.16. The smallest absolute Gasteiger partial charge is 0.203 e. The van der Waals surface area contributed by atoms with E-state index in [9.17, 15) is 4.39 Å². The Morgan fingerprint density at radius 3 is 1.83 bits per heavy atom. The Kier molecular flexibility index (Phi) is 4.49. The number of halogens is 1. The van der Waals surface area contributed by atoms with Crippen LogP contribution < -0.4 is 24.3 Å². The van der Waals surface area contributed by atoms with Gasteiger partial charge in [0.1, 0.15) is 0 Å². The van der Waals surface area contributed by atoms with Crippen molar-refractivity contribution in [3.05, 3.63) is 47.3 Å². The monoisotopic (exact) mass is 333 g/mol. The van der Waals surface area contributed by atoms with E-state index in [1.807, 2.05) is 18.2 Å². The second-order valence-electron chi connectivity index (χ2n) is 5.47. The van der Waals surface area contributed by atoms with Crippen LogP contribution in [0.2, 0.25) is 0 Å². The molecular formula is C18H20FNO4. The molecule has 0 aliphatic carbocycles. The molecular weight excluding hydrogens is 313 g/mol. The average molecular weight is 333 g/mol. The summed E-state index contributed by atoms with van der Waals surface area (Å²) in [4.78, 5) is 0. The van der Waals surface area contributed by atoms with Crippen molar-refractivity contribution in [2.24, 2.45) is 0 Å². The minimum Gasteiger partial charge on any atom is -0.494 e. The number of methoxy groups -OCH3 is 4. The van der Waals surface area contributed by atoms with Crippen LogP contribution in [0.4, 0.5) is 4.39 Å². The van der Waals surface area contributed by atoms with Crippen LogP contribution in [-0.4, -0.2) is 28.4 Å². The molecule has 0 aromatic heterocycles. The number of hydrogen-bond acceptors (Lipinski definition) is 5. The van der Waals surface area contributed by atoms with Gasteiger partial charge in [0.15, 0.2) is 23.1 Å². The average Bonchev–Trinajstić information content (AvgIpc) is 3.41. The summed E-state index contributed by atoms with van der Waals surface area (Å²) in [5.74, 6) is 1.62. The summed E-state index contributed by atoms with van der Waals surface area (Å²) in [7, 11) is 6.18. The first kappa shape index (κ1) is 16.4. The van der Waals surface area contributed by atoms with E-state index in [0.29, 0.717) is 17.2 Å². The second-order valence-corrected chi connectivity index (χ2v) is 5.47. The number of hydrogen-bond donors (Lipinski definition) is 1. The maximum atomic E-state index is 13.9. The zero-order valence-corrected chi connectivity index (χ0v) is 14.1. The van der Waals surface area contributed by atoms with E-state index in [0.717, 1.165) is 11.1 Å². The van der Waals surface area contributed by atoms with Gasteiger partial charge < -0.3 is 18.9 Å². The van der Waals surface area contributed by atoms with E-state index in [1.165, 1.54) is 13.2 Å². The molecule has 1 saturated heterocycles. The summed E-state index contributed by atoms with van der Waals surface area (Å²) in [5, 5.41) is 3.35. The van der Waals surface area contributed by atoms with Gasteiger partial charge in [0.2, 0.25) is 5.75 Å². The Morgan fingerprint density at radius 1 is 0.750 bits per heavy atom. The molecule has 0 radical (unpaired) electrons. The third-order valence-electron chi connectivity index (χ3n) is 4.16. The lowest BCUT2D eigenvalue weighted by molar-refractivity contribution is 0.323. The van der Waals surface area contributed by atoms with E-state index in [1.54, 1.807) is 27.4 Å². The van der Waals surface area contributed by atoms with Crippen molar-refractivity contribution in [1.29, 1.82) is 0 Å². The van der Waals surface area contributed by atoms with Gasteiger partial charge in [-0.2, -0.15) is 0 Å². The molecule has 0 amide bonds. The third kappa shape index (κ3) is 2.85. The van der Waals surface area contributed by atoms with Crippen molar-refractivity contribution >= 4 is 0 Å². The van der Waals surface area contributed by atoms with E-state index in [2.05, 4.69) is 5.32 Å². The van der Waals surface area contributed by atoms with Crippen molar-refractivity contribution in [2.45, 2.75) is 12.1 Å². The summed E-state index contributed by atoms with van der Waals surface area (Å²) in [5.41, 5.74) is 1.86. The van der Waals surface area contributed by atoms with E-state index in [4.69, 9.17) is 18.9 Å². The maximum absolute atomic E-state index is 13.9. The lowest BCUT2D eigenvalue weighted by Gasteiger charge is -2.13. The van der Waals surface area contributed by atoms with Gasteiger partial charge in [-0.25, -0.2) is 4.39 Å². The van der Waals surface area contributed by atoms with Gasteiger partial charge in [0, 0.05) is 0 Å². The normalized spacial score (nSPS) is 18.9. The standard InChI is InChI=1S/C18H20FNO4/c1-21-13-6-5-10(7-12(13)19)16-17(20-16)11-8-14(22-2)18(24-4)15(9-11)23-3/h5-9,16-17,20H,1-4H3. The van der Waals surface area contributed by atoms with E-state index in [-0.39, 0.29) is 23.7 Å². The van der Waals surface area contributed by atoms with E-state index >= 15 is 0 Å². The predicted molar refractivity (Wildman–Crippen MR) is 87.7 cm³/mol. The molecule has 1 aliphatic rings. The molecule has 6 heteroatoms. The highest BCUT2D eigenvalue weighted by Crippen LogP contribution is 2.47. The fourth-order valence-electron chi connectivity index (χ4n) is 2.87. The van der Waals surface area contributed by atoms with Gasteiger partial charge in [-0.1, -0.05) is 6.07 Å². The zero-order chi connectivity index (χ0) is 17.3. The Balaban J connectivity index is 1.88. The highest BCUT2D eigenvalue weighted by Gasteiger charge is 2.40. The van der Waals surface area contributed by atoms with Gasteiger partial charge >= 0.3 is 0 Å². The Morgan fingerprint density at radius 2 is 1.33 bits per heavy atom. The van der Waals surface area contributed by atoms with Crippen LogP contribution in [0.5, 0.6) is 23.0 Å². The molecule has 0 bridgehead atoms. The van der Waals surface area contributed by atoms with Gasteiger partial charge in [0.05, 0.1) is 40.5 Å². The molecule has 128 valence electrons. The minimum atomic E-state index is -0.368. The molecule has 5 nitrogen and oxygen atoms in total. The van der Waals surface area contributed by atoms with Crippen molar-refractivity contribution < 1.29 is 23.3 Å². The van der Waals surface area contributed by atoms with Gasteiger partial charge in [-0.05, 0) is 35.4 Å². The highest BCUT2D eigenvalue weighted by molar-refractivity contribution is 5.55. The summed E-state index contributed by atoms with van der Waals surface area (Å²) in [6.45, 7) is 0. The molecule has 1 N–H and O–H groups in total. The first-order chi connectivity index (χ1) is 11.6. The molecule has 2 unspecified atom stereocenters. The van der Waals surface area contributed by atoms with Crippen molar-refractivity contribution in [2.75, 3.05) is 28.4 Å². The molecule has 1 fully saturated rings. The Bertz CT molecular complexity index is 725. The molecule has 1 aliphatic heterocycles. The lowest BCUT2D eigenvalue weighted by Crippen LogP contribution is -1.97. The fraction of sp³-hybridized carbons (Fsp3) is 0.333. The first-order valence-corrected chi connectivity index (χ1v) is 7.52. The predicted octanol–water partition coefficient (Wildman–Crippen LogP) is 3.25. The van der Waals surface area contributed by atoms with Crippen LogP contribution in [0.3, 0.4) is 0 Å². The number of rotatable bonds is 6. The summed E-state index contributed by atoms with van der Waals surface area (Å²) >= 11 is 0. The van der Waals surface area contributed by atoms with Crippen molar-refractivity contribution in [1.82, 2.24) is 5.32 Å². The highest BCUT2D eigenvalue weighted by atomic mass is 19.1. The Labute approximate surface area is 140 Å². The first-order valence-electron chi connectivity index (χ1n) is 7.52. The second kappa shape index (κ2) is 6.57. The van der Waals surface area contributed by atoms with Crippen LogP contribution in [0.1, 0.15) is 23.2 Å². The van der Waals surface area contributed by atoms with Crippen LogP contribution in [0.25, 0.3) is 0 Å². The quantitative estimate of drug-likeness (QED) is 0.823. The number of nitrogens with one attached hydrogen (secondary N) is 1. The van der Waals surface area contributed by atoms with Crippen molar-refractivity contribution in [3.8, 4) is 23.0 Å². The molecule has 2 aromatic carbocycles.